The summed E-state index contributed by atoms with van der Waals surface area (Å²) in [5, 5.41) is 7.50. The average Bonchev–Trinajstić information content (AvgIpc) is 2.44. The van der Waals surface area contributed by atoms with Crippen LogP contribution in [0.1, 0.15) is 0 Å². The van der Waals surface area contributed by atoms with Crippen LogP contribution in [0.3, 0.4) is 0 Å². The summed E-state index contributed by atoms with van der Waals surface area (Å²) in [6.45, 7) is 0. The smallest absolute Gasteiger partial charge is 0.407 e. The zero-order valence-electron chi connectivity index (χ0n) is 11.0. The number of hydrogen-bond donors (Lipinski definition) is 3. The molecule has 0 saturated heterocycles. The fourth-order valence-electron chi connectivity index (χ4n) is 0.913. The highest BCUT2D eigenvalue weighted by Gasteiger charge is 2.13. The van der Waals surface area contributed by atoms with Crippen molar-refractivity contribution in [2.75, 3.05) is 40.2 Å². The third kappa shape index (κ3) is 8.90. The molecule has 0 fully saturated rings. The molecule has 3 N–H and O–H groups in total. The molecule has 110 valence electrons. The Morgan fingerprint density at radius 2 is 1.00 bits per heavy atom. The quantitative estimate of drug-likeness (QED) is 0.483. The van der Waals surface area contributed by atoms with E-state index in [1.807, 2.05) is 0 Å². The molecule has 0 aromatic carbocycles. The molecule has 3 amide bonds. The van der Waals surface area contributed by atoms with E-state index in [9.17, 15) is 14.4 Å². The Labute approximate surface area is 112 Å². The van der Waals surface area contributed by atoms with Gasteiger partial charge in [0.05, 0.1) is 21.3 Å². The maximum absolute atomic E-state index is 11.0. The number of ether oxygens (including phenoxy) is 3. The van der Waals surface area contributed by atoms with Gasteiger partial charge in [-0.2, -0.15) is 0 Å². The van der Waals surface area contributed by atoms with Gasteiger partial charge in [0.25, 0.3) is 0 Å². The first-order chi connectivity index (χ1) is 9.03. The Balaban J connectivity index is 4.16. The van der Waals surface area contributed by atoms with E-state index in [-0.39, 0.29) is 18.9 Å². The summed E-state index contributed by atoms with van der Waals surface area (Å²) >= 11 is 0. The van der Waals surface area contributed by atoms with Crippen molar-refractivity contribution in [3.05, 3.63) is 0 Å². The molecule has 19 heavy (non-hydrogen) atoms. The molecule has 0 aromatic heterocycles. The van der Waals surface area contributed by atoms with E-state index >= 15 is 0 Å². The third-order valence-electron chi connectivity index (χ3n) is 1.90. The highest BCUT2D eigenvalue weighted by atomic mass is 31.1. The molecule has 0 saturated carbocycles. The minimum absolute atomic E-state index is 0.274. The predicted octanol–water partition coefficient (Wildman–Crippen LogP) is 0.409. The molecule has 0 aliphatic heterocycles. The molecule has 0 radical (unpaired) electrons. The highest BCUT2D eigenvalue weighted by Crippen LogP contribution is 2.30. The van der Waals surface area contributed by atoms with Crippen molar-refractivity contribution in [1.29, 1.82) is 0 Å². The van der Waals surface area contributed by atoms with E-state index in [0.29, 0.717) is 0 Å². The molecule has 0 aliphatic rings. The van der Waals surface area contributed by atoms with Crippen molar-refractivity contribution in [3.8, 4) is 0 Å². The Hall–Kier alpha value is -1.76. The maximum Gasteiger partial charge on any atom is 0.407 e. The topological polar surface area (TPSA) is 115 Å². The third-order valence-corrected chi connectivity index (χ3v) is 3.71. The molecule has 0 aromatic rings. The van der Waals surface area contributed by atoms with Crippen LogP contribution in [-0.4, -0.2) is 58.5 Å². The van der Waals surface area contributed by atoms with Gasteiger partial charge in [0.15, 0.2) is 0 Å². The molecule has 0 unspecified atom stereocenters. The van der Waals surface area contributed by atoms with Gasteiger partial charge >= 0.3 is 18.3 Å². The molecule has 0 rings (SSSR count). The number of carbonyl (C=O) groups is 3. The van der Waals surface area contributed by atoms with Crippen molar-refractivity contribution in [2.24, 2.45) is 0 Å². The summed E-state index contributed by atoms with van der Waals surface area (Å²) in [5.41, 5.74) is 0. The lowest BCUT2D eigenvalue weighted by Gasteiger charge is -2.18. The van der Waals surface area contributed by atoms with Gasteiger partial charge in [0.2, 0.25) is 0 Å². The SMILES string of the molecule is COC(=O)NCP(CNC(=O)OC)CNC(=O)OC. The standard InChI is InChI=1S/C9H18N3O6P/c1-16-7(13)10-4-19(5-11-8(14)17-2)6-12-9(15)18-3/h4-6H2,1-3H3,(H,10,13)(H,11,14)(H,12,15). The number of carbonyl (C=O) groups excluding carboxylic acids is 3. The van der Waals surface area contributed by atoms with Crippen LogP contribution < -0.4 is 16.0 Å². The number of rotatable bonds is 6. The second-order valence-electron chi connectivity index (χ2n) is 3.15. The summed E-state index contributed by atoms with van der Waals surface area (Å²) in [5.74, 6) is 0. The summed E-state index contributed by atoms with van der Waals surface area (Å²) in [7, 11) is 2.83. The van der Waals surface area contributed by atoms with E-state index in [4.69, 9.17) is 0 Å². The number of alkyl carbamates (subject to hydrolysis) is 3. The molecule has 0 bridgehead atoms. The van der Waals surface area contributed by atoms with E-state index in [1.165, 1.54) is 21.3 Å². The molecular formula is C9H18N3O6P. The van der Waals surface area contributed by atoms with E-state index in [1.54, 1.807) is 0 Å². The van der Waals surface area contributed by atoms with Crippen LogP contribution in [0.4, 0.5) is 14.4 Å². The molecule has 0 heterocycles. The van der Waals surface area contributed by atoms with E-state index in [2.05, 4.69) is 30.2 Å². The Kier molecular flexibility index (Phi) is 9.25. The van der Waals surface area contributed by atoms with Crippen LogP contribution in [0, 0.1) is 0 Å². The van der Waals surface area contributed by atoms with Crippen molar-refractivity contribution in [3.63, 3.8) is 0 Å². The fraction of sp³-hybridized carbons (Fsp3) is 0.667. The fourth-order valence-corrected chi connectivity index (χ4v) is 2.31. The second kappa shape index (κ2) is 10.2. The normalized spacial score (nSPS) is 9.47. The lowest BCUT2D eigenvalue weighted by molar-refractivity contribution is 0.172. The van der Waals surface area contributed by atoms with Gasteiger partial charge in [-0.05, 0) is 7.92 Å². The Bertz CT molecular complexity index is 267. The first-order valence-electron chi connectivity index (χ1n) is 5.21. The van der Waals surface area contributed by atoms with Crippen LogP contribution >= 0.6 is 7.92 Å². The van der Waals surface area contributed by atoms with Gasteiger partial charge in [-0.3, -0.25) is 0 Å². The largest absolute Gasteiger partial charge is 0.453 e. The van der Waals surface area contributed by atoms with Crippen LogP contribution in [0.5, 0.6) is 0 Å². The van der Waals surface area contributed by atoms with Crippen molar-refractivity contribution < 1.29 is 28.6 Å². The van der Waals surface area contributed by atoms with E-state index < -0.39 is 26.2 Å². The monoisotopic (exact) mass is 295 g/mol. The van der Waals surface area contributed by atoms with Crippen LogP contribution in [0.2, 0.25) is 0 Å². The average molecular weight is 295 g/mol. The molecule has 0 spiro atoms. The maximum atomic E-state index is 11.0. The lowest BCUT2D eigenvalue weighted by atomic mass is 11.1. The number of hydrogen-bond acceptors (Lipinski definition) is 6. The van der Waals surface area contributed by atoms with Gasteiger partial charge in [0, 0.05) is 18.9 Å². The molecule has 9 nitrogen and oxygen atoms in total. The van der Waals surface area contributed by atoms with Gasteiger partial charge in [-0.1, -0.05) is 0 Å². The Morgan fingerprint density at radius 3 is 1.21 bits per heavy atom. The summed E-state index contributed by atoms with van der Waals surface area (Å²) in [6, 6.07) is 0. The first-order valence-corrected chi connectivity index (χ1v) is 7.11. The van der Waals surface area contributed by atoms with E-state index in [0.717, 1.165) is 0 Å². The van der Waals surface area contributed by atoms with Crippen molar-refractivity contribution >= 4 is 26.2 Å². The summed E-state index contributed by atoms with van der Waals surface area (Å²) in [6.07, 6.45) is -0.918. The van der Waals surface area contributed by atoms with Crippen molar-refractivity contribution in [2.45, 2.75) is 0 Å². The summed E-state index contributed by atoms with van der Waals surface area (Å²) < 4.78 is 13.3. The first kappa shape index (κ1) is 17.2. The Morgan fingerprint density at radius 1 is 0.737 bits per heavy atom. The summed E-state index contributed by atoms with van der Waals surface area (Å²) in [4.78, 5) is 32.9. The van der Waals surface area contributed by atoms with Gasteiger partial charge in [0.1, 0.15) is 0 Å². The van der Waals surface area contributed by atoms with Crippen molar-refractivity contribution in [1.82, 2.24) is 16.0 Å². The minimum Gasteiger partial charge on any atom is -0.453 e. The van der Waals surface area contributed by atoms with Gasteiger partial charge in [-0.15, -0.1) is 0 Å². The number of methoxy groups -OCH3 is 3. The number of amides is 3. The second-order valence-corrected chi connectivity index (χ2v) is 5.44. The lowest BCUT2D eigenvalue weighted by Crippen LogP contribution is -2.32. The number of nitrogens with one attached hydrogen (secondary N) is 3. The van der Waals surface area contributed by atoms with Gasteiger partial charge < -0.3 is 30.2 Å². The van der Waals surface area contributed by atoms with Crippen LogP contribution in [-0.2, 0) is 14.2 Å². The van der Waals surface area contributed by atoms with Crippen LogP contribution in [0.25, 0.3) is 0 Å². The highest BCUT2D eigenvalue weighted by molar-refractivity contribution is 7.57. The van der Waals surface area contributed by atoms with Crippen LogP contribution in [0.15, 0.2) is 0 Å². The van der Waals surface area contributed by atoms with Gasteiger partial charge in [-0.25, -0.2) is 14.4 Å². The molecule has 0 atom stereocenters. The predicted molar refractivity (Wildman–Crippen MR) is 68.1 cm³/mol. The zero-order chi connectivity index (χ0) is 14.7. The molecule has 10 heteroatoms. The minimum atomic E-state index is -0.911. The molecular weight excluding hydrogens is 277 g/mol. The molecule has 0 aliphatic carbocycles. The zero-order valence-corrected chi connectivity index (χ0v) is 11.9.